The van der Waals surface area contributed by atoms with Crippen LogP contribution < -0.4 is 14.8 Å². The minimum Gasteiger partial charge on any atom is -0.490 e. The Bertz CT molecular complexity index is 1090. The van der Waals surface area contributed by atoms with E-state index in [0.717, 1.165) is 26.9 Å². The number of hydrogen-bond donors (Lipinski definition) is 2. The van der Waals surface area contributed by atoms with Gasteiger partial charge in [-0.1, -0.05) is 45.7 Å². The zero-order valence-electron chi connectivity index (χ0n) is 17.2. The summed E-state index contributed by atoms with van der Waals surface area (Å²) >= 11 is 9.66. The van der Waals surface area contributed by atoms with Crippen LogP contribution in [0.5, 0.6) is 11.5 Å². The smallest absolute Gasteiger partial charge is 0.335 e. The normalized spacial score (nSPS) is 10.6. The van der Waals surface area contributed by atoms with E-state index in [4.69, 9.17) is 21.1 Å². The number of aromatic carboxylic acids is 1. The number of anilines is 1. The first-order chi connectivity index (χ1) is 14.9. The van der Waals surface area contributed by atoms with E-state index in [-0.39, 0.29) is 5.56 Å². The molecule has 0 atom stereocenters. The van der Waals surface area contributed by atoms with Crippen LogP contribution in [-0.2, 0) is 13.2 Å². The fourth-order valence-corrected chi connectivity index (χ4v) is 3.69. The quantitative estimate of drug-likeness (QED) is 0.339. The monoisotopic (exact) mass is 503 g/mol. The number of ether oxygens (including phenoxy) is 2. The van der Waals surface area contributed by atoms with Gasteiger partial charge in [-0.15, -0.1) is 0 Å². The number of hydrogen-bond acceptors (Lipinski definition) is 4. The van der Waals surface area contributed by atoms with Gasteiger partial charge in [-0.2, -0.15) is 0 Å². The lowest BCUT2D eigenvalue weighted by Crippen LogP contribution is -2.06. The number of halogens is 2. The Kier molecular flexibility index (Phi) is 7.82. The topological polar surface area (TPSA) is 67.8 Å². The maximum atomic E-state index is 11.3. The van der Waals surface area contributed by atoms with Gasteiger partial charge >= 0.3 is 5.97 Å². The molecule has 0 fully saturated rings. The minimum atomic E-state index is -0.955. The highest BCUT2D eigenvalue weighted by molar-refractivity contribution is 9.10. The molecule has 0 unspecified atom stereocenters. The van der Waals surface area contributed by atoms with Gasteiger partial charge in [-0.25, -0.2) is 4.79 Å². The molecule has 3 aromatic rings. The van der Waals surface area contributed by atoms with E-state index in [1.165, 1.54) is 0 Å². The third-order valence-electron chi connectivity index (χ3n) is 4.65. The highest BCUT2D eigenvalue weighted by Crippen LogP contribution is 2.35. The predicted molar refractivity (Wildman–Crippen MR) is 127 cm³/mol. The molecule has 0 saturated heterocycles. The Morgan fingerprint density at radius 3 is 2.58 bits per heavy atom. The van der Waals surface area contributed by atoms with Crippen molar-refractivity contribution in [3.05, 3.63) is 86.3 Å². The summed E-state index contributed by atoms with van der Waals surface area (Å²) < 4.78 is 12.6. The molecule has 3 rings (SSSR count). The molecule has 7 heteroatoms. The molecule has 0 spiro atoms. The Labute approximate surface area is 195 Å². The second kappa shape index (κ2) is 10.6. The molecule has 0 heterocycles. The molecule has 3 aromatic carbocycles. The largest absolute Gasteiger partial charge is 0.490 e. The molecule has 0 radical (unpaired) electrons. The summed E-state index contributed by atoms with van der Waals surface area (Å²) in [7, 11) is 0. The summed E-state index contributed by atoms with van der Waals surface area (Å²) in [4.78, 5) is 11.3. The van der Waals surface area contributed by atoms with Crippen LogP contribution in [0.4, 0.5) is 5.69 Å². The maximum Gasteiger partial charge on any atom is 0.335 e. The van der Waals surface area contributed by atoms with Crippen molar-refractivity contribution < 1.29 is 19.4 Å². The van der Waals surface area contributed by atoms with E-state index < -0.39 is 5.97 Å². The van der Waals surface area contributed by atoms with Crippen LogP contribution in [0.25, 0.3) is 0 Å². The van der Waals surface area contributed by atoms with Crippen molar-refractivity contribution in [3.63, 3.8) is 0 Å². The first kappa shape index (κ1) is 23.0. The first-order valence-electron chi connectivity index (χ1n) is 9.77. The van der Waals surface area contributed by atoms with Gasteiger partial charge in [0.2, 0.25) is 0 Å². The number of carboxylic acid groups (broad SMARTS) is 1. The minimum absolute atomic E-state index is 0.243. The fourth-order valence-electron chi connectivity index (χ4n) is 3.02. The molecule has 0 aromatic heterocycles. The van der Waals surface area contributed by atoms with Gasteiger partial charge < -0.3 is 19.9 Å². The third-order valence-corrected chi connectivity index (χ3v) is 5.62. The van der Waals surface area contributed by atoms with E-state index in [1.54, 1.807) is 18.2 Å². The average Bonchev–Trinajstić information content (AvgIpc) is 2.73. The predicted octanol–water partition coefficient (Wildman–Crippen LogP) is 6.70. The standard InChI is InChI=1S/C24H23BrClNO4/c1-3-30-22-11-18(13-27-21-10-17(24(28)29)8-7-15(21)2)20(25)12-23(22)31-14-16-5-4-6-19(26)9-16/h4-12,27H,3,13-14H2,1-2H3,(H,28,29). The summed E-state index contributed by atoms with van der Waals surface area (Å²) in [6, 6.07) is 16.3. The van der Waals surface area contributed by atoms with Gasteiger partial charge in [0.1, 0.15) is 6.61 Å². The second-order valence-corrected chi connectivity index (χ2v) is 8.22. The van der Waals surface area contributed by atoms with Crippen LogP contribution in [-0.4, -0.2) is 17.7 Å². The lowest BCUT2D eigenvalue weighted by atomic mass is 10.1. The number of nitrogens with one attached hydrogen (secondary N) is 1. The lowest BCUT2D eigenvalue weighted by Gasteiger charge is -2.16. The molecular weight excluding hydrogens is 482 g/mol. The van der Waals surface area contributed by atoms with Crippen molar-refractivity contribution in [2.75, 3.05) is 11.9 Å². The molecule has 0 saturated carbocycles. The van der Waals surface area contributed by atoms with E-state index in [2.05, 4.69) is 21.2 Å². The molecule has 5 nitrogen and oxygen atoms in total. The Hall–Kier alpha value is -2.70. The Balaban J connectivity index is 1.78. The van der Waals surface area contributed by atoms with Gasteiger partial charge in [0.15, 0.2) is 11.5 Å². The van der Waals surface area contributed by atoms with Crippen LogP contribution in [0.1, 0.15) is 34.0 Å². The van der Waals surface area contributed by atoms with Crippen LogP contribution in [0.2, 0.25) is 5.02 Å². The third kappa shape index (κ3) is 6.15. The summed E-state index contributed by atoms with van der Waals surface area (Å²) in [6.07, 6.45) is 0. The summed E-state index contributed by atoms with van der Waals surface area (Å²) in [5.74, 6) is 0.311. The average molecular weight is 505 g/mol. The van der Waals surface area contributed by atoms with Crippen LogP contribution in [0.15, 0.2) is 59.1 Å². The molecule has 31 heavy (non-hydrogen) atoms. The van der Waals surface area contributed by atoms with Crippen LogP contribution in [0.3, 0.4) is 0 Å². The van der Waals surface area contributed by atoms with Gasteiger partial charge in [-0.3, -0.25) is 0 Å². The number of carbonyl (C=O) groups is 1. The highest BCUT2D eigenvalue weighted by atomic mass is 79.9. The van der Waals surface area contributed by atoms with Crippen molar-refractivity contribution in [1.29, 1.82) is 0 Å². The summed E-state index contributed by atoms with van der Waals surface area (Å²) in [5, 5.41) is 13.2. The van der Waals surface area contributed by atoms with Gasteiger partial charge in [0, 0.05) is 21.7 Å². The van der Waals surface area contributed by atoms with Crippen molar-refractivity contribution >= 4 is 39.2 Å². The van der Waals surface area contributed by atoms with Gasteiger partial charge in [0.25, 0.3) is 0 Å². The number of rotatable bonds is 9. The SMILES string of the molecule is CCOc1cc(CNc2cc(C(=O)O)ccc2C)c(Br)cc1OCc1cccc(Cl)c1. The Morgan fingerprint density at radius 1 is 1.10 bits per heavy atom. The van der Waals surface area contributed by atoms with Gasteiger partial charge in [-0.05, 0) is 66.9 Å². The summed E-state index contributed by atoms with van der Waals surface area (Å²) in [6.45, 7) is 5.20. The Morgan fingerprint density at radius 2 is 1.87 bits per heavy atom. The van der Waals surface area contributed by atoms with E-state index in [0.29, 0.717) is 36.3 Å². The lowest BCUT2D eigenvalue weighted by molar-refractivity contribution is 0.0697. The van der Waals surface area contributed by atoms with E-state index in [9.17, 15) is 9.90 Å². The maximum absolute atomic E-state index is 11.3. The first-order valence-corrected chi connectivity index (χ1v) is 10.9. The molecule has 0 aliphatic heterocycles. The van der Waals surface area contributed by atoms with E-state index >= 15 is 0 Å². The number of aryl methyl sites for hydroxylation is 1. The van der Waals surface area contributed by atoms with E-state index in [1.807, 2.05) is 50.2 Å². The molecular formula is C24H23BrClNO4. The molecule has 0 aliphatic carbocycles. The number of carboxylic acids is 1. The van der Waals surface area contributed by atoms with Gasteiger partial charge in [0.05, 0.1) is 12.2 Å². The molecule has 2 N–H and O–H groups in total. The van der Waals surface area contributed by atoms with Crippen molar-refractivity contribution in [1.82, 2.24) is 0 Å². The van der Waals surface area contributed by atoms with Crippen molar-refractivity contribution in [2.24, 2.45) is 0 Å². The zero-order valence-corrected chi connectivity index (χ0v) is 19.6. The van der Waals surface area contributed by atoms with Crippen molar-refractivity contribution in [2.45, 2.75) is 27.0 Å². The molecule has 0 aliphatic rings. The molecule has 0 amide bonds. The second-order valence-electron chi connectivity index (χ2n) is 6.93. The zero-order chi connectivity index (χ0) is 22.4. The summed E-state index contributed by atoms with van der Waals surface area (Å²) in [5.41, 5.74) is 3.90. The molecule has 0 bridgehead atoms. The molecule has 162 valence electrons. The fraction of sp³-hybridized carbons (Fsp3) is 0.208. The van der Waals surface area contributed by atoms with Crippen molar-refractivity contribution in [3.8, 4) is 11.5 Å². The number of benzene rings is 3. The van der Waals surface area contributed by atoms with Crippen LogP contribution >= 0.6 is 27.5 Å². The van der Waals surface area contributed by atoms with Crippen LogP contribution in [0, 0.1) is 6.92 Å². The highest BCUT2D eigenvalue weighted by Gasteiger charge is 2.13.